The smallest absolute Gasteiger partial charge is 0.362 e. The van der Waals surface area contributed by atoms with E-state index in [0.29, 0.717) is 19.3 Å². The van der Waals surface area contributed by atoms with Gasteiger partial charge in [0.15, 0.2) is 12.1 Å². The summed E-state index contributed by atoms with van der Waals surface area (Å²) in [4.78, 5) is 36.2. The summed E-state index contributed by atoms with van der Waals surface area (Å²) in [5, 5.41) is 9.51. The Balaban J connectivity index is 4.25. The van der Waals surface area contributed by atoms with Crippen LogP contribution in [0.1, 0.15) is 142 Å². The van der Waals surface area contributed by atoms with Crippen LogP contribution in [-0.2, 0) is 28.6 Å². The van der Waals surface area contributed by atoms with Crippen LogP contribution in [0.25, 0.3) is 0 Å². The molecular formula is C35H66NO7+. The molecule has 0 aliphatic rings. The van der Waals surface area contributed by atoms with Gasteiger partial charge in [-0.2, -0.15) is 0 Å². The van der Waals surface area contributed by atoms with E-state index in [1.54, 1.807) is 0 Å². The number of hydrogen-bond acceptors (Lipinski definition) is 6. The summed E-state index contributed by atoms with van der Waals surface area (Å²) in [5.41, 5.74) is 0. The number of rotatable bonds is 30. The Morgan fingerprint density at radius 3 is 1.72 bits per heavy atom. The highest BCUT2D eigenvalue weighted by atomic mass is 16.6. The highest BCUT2D eigenvalue weighted by Crippen LogP contribution is 2.12. The van der Waals surface area contributed by atoms with Crippen molar-refractivity contribution in [2.75, 3.05) is 41.0 Å². The number of carboxylic acid groups (broad SMARTS) is 1. The maximum atomic E-state index is 12.5. The molecule has 2 unspecified atom stereocenters. The van der Waals surface area contributed by atoms with Crippen molar-refractivity contribution < 1.29 is 38.2 Å². The number of ether oxygens (including phenoxy) is 3. The number of carboxylic acids is 1. The molecule has 0 rings (SSSR count). The lowest BCUT2D eigenvalue weighted by Gasteiger charge is -2.31. The Morgan fingerprint density at radius 1 is 0.674 bits per heavy atom. The second-order valence-electron chi connectivity index (χ2n) is 12.8. The van der Waals surface area contributed by atoms with E-state index in [2.05, 4.69) is 26.0 Å². The number of likely N-dealkylation sites (N-methyl/N-ethyl adjacent to an activating group) is 1. The first-order chi connectivity index (χ1) is 20.6. The van der Waals surface area contributed by atoms with E-state index in [0.717, 1.165) is 51.4 Å². The molecule has 8 heteroatoms. The number of nitrogens with zero attached hydrogens (tertiary/aromatic N) is 1. The van der Waals surface area contributed by atoms with Crippen LogP contribution in [0.3, 0.4) is 0 Å². The maximum absolute atomic E-state index is 12.5. The van der Waals surface area contributed by atoms with E-state index in [1.165, 1.54) is 57.8 Å². The minimum absolute atomic E-state index is 0.0547. The summed E-state index contributed by atoms with van der Waals surface area (Å²) in [7, 11) is 5.49. The molecule has 0 aromatic rings. The molecule has 43 heavy (non-hydrogen) atoms. The average molecular weight is 613 g/mol. The van der Waals surface area contributed by atoms with Crippen LogP contribution in [0, 0.1) is 0 Å². The van der Waals surface area contributed by atoms with Gasteiger partial charge in [0.2, 0.25) is 0 Å². The zero-order chi connectivity index (χ0) is 32.2. The van der Waals surface area contributed by atoms with Crippen molar-refractivity contribution in [1.29, 1.82) is 0 Å². The third-order valence-electron chi connectivity index (χ3n) is 7.66. The molecule has 0 saturated heterocycles. The fourth-order valence-corrected chi connectivity index (χ4v) is 4.91. The van der Waals surface area contributed by atoms with Gasteiger partial charge >= 0.3 is 17.9 Å². The van der Waals surface area contributed by atoms with Crippen molar-refractivity contribution in [3.8, 4) is 0 Å². The van der Waals surface area contributed by atoms with Crippen LogP contribution in [0.4, 0.5) is 0 Å². The van der Waals surface area contributed by atoms with Crippen LogP contribution in [0.15, 0.2) is 12.2 Å². The van der Waals surface area contributed by atoms with Crippen molar-refractivity contribution in [3.05, 3.63) is 12.2 Å². The van der Waals surface area contributed by atoms with E-state index in [4.69, 9.17) is 14.2 Å². The molecule has 0 fully saturated rings. The number of unbranched alkanes of at least 4 members (excludes halogenated alkanes) is 14. The van der Waals surface area contributed by atoms with Crippen LogP contribution in [0.5, 0.6) is 0 Å². The van der Waals surface area contributed by atoms with E-state index in [1.807, 2.05) is 21.1 Å². The van der Waals surface area contributed by atoms with E-state index in [-0.39, 0.29) is 36.2 Å². The molecule has 1 N–H and O–H groups in total. The fraction of sp³-hybridized carbons (Fsp3) is 0.857. The van der Waals surface area contributed by atoms with Gasteiger partial charge in [-0.1, -0.05) is 96.6 Å². The normalized spacial score (nSPS) is 13.2. The molecule has 0 aromatic carbocycles. The van der Waals surface area contributed by atoms with E-state index in [9.17, 15) is 19.5 Å². The lowest BCUT2D eigenvalue weighted by molar-refractivity contribution is -0.887. The average Bonchev–Trinajstić information content (AvgIpc) is 2.94. The molecule has 0 saturated carbocycles. The number of allylic oxidation sites excluding steroid dienone is 2. The molecule has 0 aromatic heterocycles. The first kappa shape index (κ1) is 41.1. The first-order valence-electron chi connectivity index (χ1n) is 17.2. The van der Waals surface area contributed by atoms with Crippen molar-refractivity contribution in [3.63, 3.8) is 0 Å². The molecule has 0 aliphatic carbocycles. The molecule has 0 heterocycles. The van der Waals surface area contributed by atoms with Gasteiger partial charge in [-0.05, 0) is 38.5 Å². The Labute approximate surface area is 263 Å². The number of esters is 2. The summed E-state index contributed by atoms with van der Waals surface area (Å²) in [6.07, 6.45) is 24.6. The van der Waals surface area contributed by atoms with Gasteiger partial charge in [-0.25, -0.2) is 4.79 Å². The van der Waals surface area contributed by atoms with Crippen molar-refractivity contribution >= 4 is 17.9 Å². The van der Waals surface area contributed by atoms with Gasteiger partial charge in [0.05, 0.1) is 34.4 Å². The van der Waals surface area contributed by atoms with E-state index >= 15 is 0 Å². The quantitative estimate of drug-likeness (QED) is 0.0380. The van der Waals surface area contributed by atoms with Crippen LogP contribution in [0.2, 0.25) is 0 Å². The Bertz CT molecular complexity index is 732. The molecule has 0 amide bonds. The van der Waals surface area contributed by atoms with Gasteiger partial charge in [0.1, 0.15) is 6.61 Å². The summed E-state index contributed by atoms with van der Waals surface area (Å²) >= 11 is 0. The molecule has 252 valence electrons. The number of quaternary nitrogens is 1. The zero-order valence-corrected chi connectivity index (χ0v) is 28.4. The fourth-order valence-electron chi connectivity index (χ4n) is 4.91. The zero-order valence-electron chi connectivity index (χ0n) is 28.4. The maximum Gasteiger partial charge on any atom is 0.362 e. The summed E-state index contributed by atoms with van der Waals surface area (Å²) in [5.74, 6) is -1.51. The second-order valence-corrected chi connectivity index (χ2v) is 12.8. The number of hydrogen-bond donors (Lipinski definition) is 1. The predicted octanol–water partition coefficient (Wildman–Crippen LogP) is 8.02. The topological polar surface area (TPSA) is 99.1 Å². The third kappa shape index (κ3) is 26.2. The first-order valence-corrected chi connectivity index (χ1v) is 17.2. The minimum atomic E-state index is -0.879. The van der Waals surface area contributed by atoms with Crippen molar-refractivity contribution in [2.24, 2.45) is 0 Å². The molecule has 0 radical (unpaired) electrons. The van der Waals surface area contributed by atoms with Crippen LogP contribution >= 0.6 is 0 Å². The molecule has 8 nitrogen and oxygen atoms in total. The van der Waals surface area contributed by atoms with Gasteiger partial charge < -0.3 is 23.8 Å². The predicted molar refractivity (Wildman–Crippen MR) is 174 cm³/mol. The third-order valence-corrected chi connectivity index (χ3v) is 7.66. The number of carbonyl (C=O) groups excluding carboxylic acids is 2. The molecule has 0 aliphatic heterocycles. The van der Waals surface area contributed by atoms with Crippen molar-refractivity contribution in [1.82, 2.24) is 0 Å². The van der Waals surface area contributed by atoms with E-state index < -0.39 is 18.1 Å². The molecule has 2 atom stereocenters. The lowest BCUT2D eigenvalue weighted by Crippen LogP contribution is -2.50. The van der Waals surface area contributed by atoms with Gasteiger partial charge in [-0.15, -0.1) is 0 Å². The standard InChI is InChI=1S/C35H65NO7/c1-6-8-10-11-12-13-14-15-16-17-18-19-20-21-22-24-26-34(38)43-31(30-42-33(37)25-23-9-7-2)29-41-28-27-32(35(39)40)36(3,4)5/h16-17,31-32H,6-15,18-30H2,1-5H3/p+1/b17-16-. The Morgan fingerprint density at radius 2 is 1.16 bits per heavy atom. The Kier molecular flexibility index (Phi) is 26.4. The Hall–Kier alpha value is -1.93. The minimum Gasteiger partial charge on any atom is -0.477 e. The van der Waals surface area contributed by atoms with Crippen LogP contribution < -0.4 is 0 Å². The van der Waals surface area contributed by atoms with Gasteiger partial charge in [-0.3, -0.25) is 9.59 Å². The highest BCUT2D eigenvalue weighted by Gasteiger charge is 2.31. The van der Waals surface area contributed by atoms with Gasteiger partial charge in [0.25, 0.3) is 0 Å². The number of carbonyl (C=O) groups is 3. The monoisotopic (exact) mass is 612 g/mol. The SMILES string of the molecule is CCCCCCCCC/C=C\CCCCCCCC(=O)OC(COCCC(C(=O)O)[N+](C)(C)C)COC(=O)CCCCC. The lowest BCUT2D eigenvalue weighted by atomic mass is 10.1. The van der Waals surface area contributed by atoms with Gasteiger partial charge in [0, 0.05) is 19.3 Å². The largest absolute Gasteiger partial charge is 0.477 e. The van der Waals surface area contributed by atoms with Crippen LogP contribution in [-0.4, -0.2) is 80.6 Å². The highest BCUT2D eigenvalue weighted by molar-refractivity contribution is 5.72. The summed E-state index contributed by atoms with van der Waals surface area (Å²) in [6, 6.07) is -0.608. The molecule has 0 bridgehead atoms. The molecular weight excluding hydrogens is 546 g/mol. The second kappa shape index (κ2) is 27.6. The molecule has 0 spiro atoms. The summed E-state index contributed by atoms with van der Waals surface area (Å²) < 4.78 is 16.9. The van der Waals surface area contributed by atoms with Crippen molar-refractivity contribution in [2.45, 2.75) is 154 Å². The number of aliphatic carboxylic acids is 1. The summed E-state index contributed by atoms with van der Waals surface area (Å²) in [6.45, 7) is 4.54.